The van der Waals surface area contributed by atoms with Gasteiger partial charge < -0.3 is 5.32 Å². The monoisotopic (exact) mass is 363 g/mol. The number of benzene rings is 1. The second kappa shape index (κ2) is 6.46. The molecule has 0 fully saturated rings. The van der Waals surface area contributed by atoms with Crippen LogP contribution in [0.1, 0.15) is 42.5 Å². The van der Waals surface area contributed by atoms with E-state index in [2.05, 4.69) is 53.3 Å². The smallest absolute Gasteiger partial charge is 0.139 e. The van der Waals surface area contributed by atoms with Gasteiger partial charge in [-0.1, -0.05) is 35.8 Å². The molecular weight excluding hydrogens is 346 g/mol. The first-order chi connectivity index (χ1) is 10.1. The number of hydrogen-bond acceptors (Lipinski definition) is 4. The Labute approximate surface area is 138 Å². The molecule has 0 aliphatic carbocycles. The Morgan fingerprint density at radius 1 is 1.29 bits per heavy atom. The summed E-state index contributed by atoms with van der Waals surface area (Å²) >= 11 is 5.28. The number of fused-ring (bicyclic) bond motifs is 1. The van der Waals surface area contributed by atoms with Crippen LogP contribution in [0.2, 0.25) is 0 Å². The molecule has 1 aliphatic heterocycles. The lowest BCUT2D eigenvalue weighted by Gasteiger charge is -2.12. The fraction of sp³-hybridized carbons (Fsp3) is 0.375. The Balaban J connectivity index is 1.81. The van der Waals surface area contributed by atoms with Crippen LogP contribution in [-0.2, 0) is 18.8 Å². The molecule has 0 bridgehead atoms. The van der Waals surface area contributed by atoms with Gasteiger partial charge in [-0.15, -0.1) is 11.8 Å². The summed E-state index contributed by atoms with van der Waals surface area (Å²) in [6.45, 7) is 6.17. The van der Waals surface area contributed by atoms with Crippen molar-refractivity contribution >= 4 is 27.7 Å². The molecule has 1 aromatic heterocycles. The van der Waals surface area contributed by atoms with Crippen LogP contribution >= 0.6 is 27.7 Å². The number of aromatic nitrogens is 2. The van der Waals surface area contributed by atoms with E-state index in [1.54, 1.807) is 11.8 Å². The molecule has 0 unspecified atom stereocenters. The van der Waals surface area contributed by atoms with E-state index in [0.29, 0.717) is 5.92 Å². The third kappa shape index (κ3) is 3.47. The first-order valence-corrected chi connectivity index (χ1v) is 8.89. The van der Waals surface area contributed by atoms with Crippen LogP contribution in [0.4, 0.5) is 0 Å². The van der Waals surface area contributed by atoms with Gasteiger partial charge in [-0.05, 0) is 24.1 Å². The minimum atomic E-state index is 0.441. The predicted molar refractivity (Wildman–Crippen MR) is 90.4 cm³/mol. The summed E-state index contributed by atoms with van der Waals surface area (Å²) in [4.78, 5) is 10.8. The summed E-state index contributed by atoms with van der Waals surface area (Å²) in [6.07, 6.45) is 0. The molecule has 3 nitrogen and oxygen atoms in total. The summed E-state index contributed by atoms with van der Waals surface area (Å²) in [6, 6.07) is 8.34. The second-order valence-corrected chi connectivity index (χ2v) is 7.42. The van der Waals surface area contributed by atoms with Gasteiger partial charge in [0.2, 0.25) is 0 Å². The first kappa shape index (κ1) is 15.0. The molecule has 2 heterocycles. The highest BCUT2D eigenvalue weighted by molar-refractivity contribution is 9.10. The molecule has 0 saturated carbocycles. The van der Waals surface area contributed by atoms with Crippen molar-refractivity contribution in [1.82, 2.24) is 15.3 Å². The molecule has 1 N–H and O–H groups in total. The second-order valence-electron chi connectivity index (χ2n) is 5.45. The average Bonchev–Trinajstić information content (AvgIpc) is 2.92. The van der Waals surface area contributed by atoms with Crippen molar-refractivity contribution in [2.45, 2.75) is 43.5 Å². The molecule has 0 amide bonds. The topological polar surface area (TPSA) is 37.8 Å². The molecule has 110 valence electrons. The summed E-state index contributed by atoms with van der Waals surface area (Å²) in [5.41, 5.74) is 3.69. The molecule has 5 heteroatoms. The zero-order valence-electron chi connectivity index (χ0n) is 12.2. The summed E-state index contributed by atoms with van der Waals surface area (Å²) < 4.78 is 1.11. The molecule has 0 saturated heterocycles. The maximum absolute atomic E-state index is 4.80. The SMILES string of the molecule is CC(C)c1nc(CSc2cccc(Br)c2)nc2c1CNC2. The van der Waals surface area contributed by atoms with Crippen LogP contribution < -0.4 is 5.32 Å². The lowest BCUT2D eigenvalue weighted by Crippen LogP contribution is -2.06. The van der Waals surface area contributed by atoms with Crippen LogP contribution in [0.3, 0.4) is 0 Å². The van der Waals surface area contributed by atoms with Gasteiger partial charge in [-0.3, -0.25) is 0 Å². The number of thioether (sulfide) groups is 1. The Morgan fingerprint density at radius 2 is 2.14 bits per heavy atom. The fourth-order valence-corrected chi connectivity index (χ4v) is 3.85. The van der Waals surface area contributed by atoms with Crippen LogP contribution in [0, 0.1) is 0 Å². The van der Waals surface area contributed by atoms with Crippen LogP contribution in [-0.4, -0.2) is 9.97 Å². The van der Waals surface area contributed by atoms with Crippen molar-refractivity contribution in [2.24, 2.45) is 0 Å². The molecule has 0 radical (unpaired) electrons. The van der Waals surface area contributed by atoms with Crippen LogP contribution in [0.5, 0.6) is 0 Å². The third-order valence-electron chi connectivity index (χ3n) is 3.48. The zero-order chi connectivity index (χ0) is 14.8. The maximum Gasteiger partial charge on any atom is 0.139 e. The minimum absolute atomic E-state index is 0.441. The number of hydrogen-bond donors (Lipinski definition) is 1. The van der Waals surface area contributed by atoms with E-state index < -0.39 is 0 Å². The van der Waals surface area contributed by atoms with E-state index in [0.717, 1.165) is 29.1 Å². The van der Waals surface area contributed by atoms with E-state index in [1.165, 1.54) is 21.8 Å². The van der Waals surface area contributed by atoms with Crippen LogP contribution in [0.15, 0.2) is 33.6 Å². The number of rotatable bonds is 4. The Hall–Kier alpha value is -0.910. The third-order valence-corrected chi connectivity index (χ3v) is 4.96. The summed E-state index contributed by atoms with van der Waals surface area (Å²) in [5, 5.41) is 3.38. The van der Waals surface area contributed by atoms with E-state index in [4.69, 9.17) is 9.97 Å². The molecule has 0 spiro atoms. The van der Waals surface area contributed by atoms with E-state index in [9.17, 15) is 0 Å². The maximum atomic E-state index is 4.80. The molecule has 1 aromatic carbocycles. The quantitative estimate of drug-likeness (QED) is 0.823. The van der Waals surface area contributed by atoms with E-state index >= 15 is 0 Å². The predicted octanol–water partition coefficient (Wildman–Crippen LogP) is 4.26. The van der Waals surface area contributed by atoms with Gasteiger partial charge in [0, 0.05) is 28.0 Å². The van der Waals surface area contributed by atoms with Gasteiger partial charge in [-0.2, -0.15) is 0 Å². The van der Waals surface area contributed by atoms with Crippen molar-refractivity contribution < 1.29 is 0 Å². The van der Waals surface area contributed by atoms with Crippen molar-refractivity contribution in [1.29, 1.82) is 0 Å². The summed E-state index contributed by atoms with van der Waals surface area (Å²) in [5.74, 6) is 2.19. The Kier molecular flexibility index (Phi) is 4.62. The van der Waals surface area contributed by atoms with Gasteiger partial charge >= 0.3 is 0 Å². The van der Waals surface area contributed by atoms with Gasteiger partial charge in [-0.25, -0.2) is 9.97 Å². The normalized spacial score (nSPS) is 13.7. The standard InChI is InChI=1S/C16H18BrN3S/c1-10(2)16-13-7-18-8-14(13)19-15(20-16)9-21-12-5-3-4-11(17)6-12/h3-6,10,18H,7-9H2,1-2H3. The molecule has 0 atom stereocenters. The summed E-state index contributed by atoms with van der Waals surface area (Å²) in [7, 11) is 0. The fourth-order valence-electron chi connectivity index (χ4n) is 2.49. The van der Waals surface area contributed by atoms with Crippen LogP contribution in [0.25, 0.3) is 0 Å². The zero-order valence-corrected chi connectivity index (χ0v) is 14.6. The highest BCUT2D eigenvalue weighted by Gasteiger charge is 2.20. The van der Waals surface area contributed by atoms with Crippen molar-refractivity contribution in [3.63, 3.8) is 0 Å². The molecule has 3 rings (SSSR count). The minimum Gasteiger partial charge on any atom is -0.307 e. The van der Waals surface area contributed by atoms with Gasteiger partial charge in [0.05, 0.1) is 17.1 Å². The first-order valence-electron chi connectivity index (χ1n) is 7.11. The van der Waals surface area contributed by atoms with Gasteiger partial charge in [0.1, 0.15) is 5.82 Å². The van der Waals surface area contributed by atoms with Crippen molar-refractivity contribution in [3.8, 4) is 0 Å². The lowest BCUT2D eigenvalue weighted by atomic mass is 10.0. The Bertz CT molecular complexity index is 658. The molecule has 2 aromatic rings. The number of halogens is 1. The molecule has 21 heavy (non-hydrogen) atoms. The average molecular weight is 364 g/mol. The molecular formula is C16H18BrN3S. The van der Waals surface area contributed by atoms with E-state index in [1.807, 2.05) is 6.07 Å². The molecule has 1 aliphatic rings. The number of nitrogens with one attached hydrogen (secondary N) is 1. The highest BCUT2D eigenvalue weighted by Crippen LogP contribution is 2.27. The van der Waals surface area contributed by atoms with E-state index in [-0.39, 0.29) is 0 Å². The van der Waals surface area contributed by atoms with Crippen molar-refractivity contribution in [3.05, 3.63) is 51.5 Å². The number of nitrogens with zero attached hydrogens (tertiary/aromatic N) is 2. The van der Waals surface area contributed by atoms with Gasteiger partial charge in [0.15, 0.2) is 0 Å². The lowest BCUT2D eigenvalue weighted by molar-refractivity contribution is 0.746. The largest absolute Gasteiger partial charge is 0.307 e. The Morgan fingerprint density at radius 3 is 2.90 bits per heavy atom. The van der Waals surface area contributed by atoms with Gasteiger partial charge in [0.25, 0.3) is 0 Å². The highest BCUT2D eigenvalue weighted by atomic mass is 79.9. The van der Waals surface area contributed by atoms with Crippen molar-refractivity contribution in [2.75, 3.05) is 0 Å².